The molecule has 0 bridgehead atoms. The Hall–Kier alpha value is -2.14. The Morgan fingerprint density at radius 3 is 2.46 bits per heavy atom. The minimum absolute atomic E-state index is 0. The molecule has 0 radical (unpaired) electrons. The molecule has 138 valence electrons. The standard InChI is InChI=1S/C21H23NO3.ClH/c1-16-14-17(2-8-20(24)15-23)3-9-21(16)18-4-6-19(7-5-18)22-10-12-25-13-11-22;/h2-9,14,23H,10-13,15H2,1H3;1H/b8-2+;. The van der Waals surface area contributed by atoms with E-state index < -0.39 is 6.61 Å². The fourth-order valence-corrected chi connectivity index (χ4v) is 3.03. The van der Waals surface area contributed by atoms with Crippen LogP contribution in [0.2, 0.25) is 0 Å². The van der Waals surface area contributed by atoms with Crippen LogP contribution >= 0.6 is 12.4 Å². The molecule has 0 amide bonds. The summed E-state index contributed by atoms with van der Waals surface area (Å²) in [6.45, 7) is 5.06. The highest BCUT2D eigenvalue weighted by atomic mass is 35.5. The van der Waals surface area contributed by atoms with E-state index in [9.17, 15) is 4.79 Å². The van der Waals surface area contributed by atoms with Crippen molar-refractivity contribution in [3.8, 4) is 11.1 Å². The van der Waals surface area contributed by atoms with Gasteiger partial charge in [0.25, 0.3) is 0 Å². The molecule has 0 aliphatic carbocycles. The molecule has 1 fully saturated rings. The van der Waals surface area contributed by atoms with Gasteiger partial charge in [-0.2, -0.15) is 0 Å². The van der Waals surface area contributed by atoms with Crippen molar-refractivity contribution in [1.29, 1.82) is 0 Å². The van der Waals surface area contributed by atoms with Gasteiger partial charge >= 0.3 is 0 Å². The second-order valence-corrected chi connectivity index (χ2v) is 6.18. The zero-order chi connectivity index (χ0) is 17.6. The summed E-state index contributed by atoms with van der Waals surface area (Å²) in [6, 6.07) is 14.7. The summed E-state index contributed by atoms with van der Waals surface area (Å²) in [6.07, 6.45) is 3.14. The van der Waals surface area contributed by atoms with Gasteiger partial charge in [-0.3, -0.25) is 4.79 Å². The lowest BCUT2D eigenvalue weighted by atomic mass is 9.98. The maximum Gasteiger partial charge on any atom is 0.181 e. The molecule has 3 rings (SSSR count). The molecular formula is C21H24ClNO3. The number of aliphatic hydroxyl groups excluding tert-OH is 1. The van der Waals surface area contributed by atoms with Crippen molar-refractivity contribution in [2.45, 2.75) is 6.92 Å². The number of aliphatic hydroxyl groups is 1. The first kappa shape index (κ1) is 20.2. The zero-order valence-corrected chi connectivity index (χ0v) is 15.7. The van der Waals surface area contributed by atoms with E-state index in [4.69, 9.17) is 9.84 Å². The molecule has 0 saturated carbocycles. The minimum atomic E-state index is -0.455. The summed E-state index contributed by atoms with van der Waals surface area (Å²) in [4.78, 5) is 13.5. The lowest BCUT2D eigenvalue weighted by Gasteiger charge is -2.29. The van der Waals surface area contributed by atoms with E-state index in [1.165, 1.54) is 22.9 Å². The monoisotopic (exact) mass is 373 g/mol. The van der Waals surface area contributed by atoms with Crippen molar-refractivity contribution in [2.24, 2.45) is 0 Å². The number of nitrogens with zero attached hydrogens (tertiary/aromatic N) is 1. The smallest absolute Gasteiger partial charge is 0.181 e. The molecule has 1 aliphatic rings. The number of rotatable bonds is 5. The molecule has 2 aromatic carbocycles. The van der Waals surface area contributed by atoms with Gasteiger partial charge in [-0.05, 0) is 47.4 Å². The molecule has 0 aromatic heterocycles. The lowest BCUT2D eigenvalue weighted by molar-refractivity contribution is -0.117. The molecule has 2 aromatic rings. The molecular weight excluding hydrogens is 350 g/mol. The summed E-state index contributed by atoms with van der Waals surface area (Å²) in [7, 11) is 0. The van der Waals surface area contributed by atoms with Crippen molar-refractivity contribution in [2.75, 3.05) is 37.8 Å². The molecule has 1 heterocycles. The summed E-state index contributed by atoms with van der Waals surface area (Å²) < 4.78 is 5.40. The fraction of sp³-hybridized carbons (Fsp3) is 0.286. The number of benzene rings is 2. The van der Waals surface area contributed by atoms with Crippen LogP contribution in [0.5, 0.6) is 0 Å². The average Bonchev–Trinajstić information content (AvgIpc) is 2.67. The number of carbonyl (C=O) groups is 1. The fourth-order valence-electron chi connectivity index (χ4n) is 3.03. The molecule has 1 saturated heterocycles. The van der Waals surface area contributed by atoms with Crippen LogP contribution in [0, 0.1) is 6.92 Å². The van der Waals surface area contributed by atoms with Gasteiger partial charge in [0.05, 0.1) is 13.2 Å². The Balaban J connectivity index is 0.00000243. The first-order valence-electron chi connectivity index (χ1n) is 8.53. The molecule has 0 atom stereocenters. The number of aryl methyl sites for hydroxylation is 1. The number of ether oxygens (including phenoxy) is 1. The molecule has 1 aliphatic heterocycles. The number of anilines is 1. The van der Waals surface area contributed by atoms with E-state index in [2.05, 4.69) is 42.2 Å². The van der Waals surface area contributed by atoms with E-state index in [-0.39, 0.29) is 18.2 Å². The summed E-state index contributed by atoms with van der Waals surface area (Å²) >= 11 is 0. The van der Waals surface area contributed by atoms with Crippen molar-refractivity contribution in [3.05, 3.63) is 59.7 Å². The Bertz CT molecular complexity index is 765. The first-order valence-corrected chi connectivity index (χ1v) is 8.53. The highest BCUT2D eigenvalue weighted by Gasteiger charge is 2.11. The van der Waals surface area contributed by atoms with E-state index in [1.807, 2.05) is 12.1 Å². The predicted molar refractivity (Wildman–Crippen MR) is 108 cm³/mol. The van der Waals surface area contributed by atoms with Crippen LogP contribution in [-0.4, -0.2) is 43.8 Å². The van der Waals surface area contributed by atoms with Gasteiger partial charge in [-0.15, -0.1) is 12.4 Å². The van der Waals surface area contributed by atoms with Crippen LogP contribution in [0.1, 0.15) is 11.1 Å². The van der Waals surface area contributed by atoms with Crippen molar-refractivity contribution < 1.29 is 14.6 Å². The van der Waals surface area contributed by atoms with E-state index in [1.54, 1.807) is 6.08 Å². The third kappa shape index (κ3) is 4.94. The Morgan fingerprint density at radius 1 is 1.15 bits per heavy atom. The normalized spacial score (nSPS) is 14.3. The van der Waals surface area contributed by atoms with Gasteiger partial charge in [0.1, 0.15) is 6.61 Å². The average molecular weight is 374 g/mol. The predicted octanol–water partition coefficient (Wildman–Crippen LogP) is 3.50. The van der Waals surface area contributed by atoms with Crippen LogP contribution in [0.4, 0.5) is 5.69 Å². The largest absolute Gasteiger partial charge is 0.388 e. The van der Waals surface area contributed by atoms with Gasteiger partial charge in [-0.1, -0.05) is 36.4 Å². The van der Waals surface area contributed by atoms with Crippen molar-refractivity contribution in [1.82, 2.24) is 0 Å². The number of ketones is 1. The summed E-state index contributed by atoms with van der Waals surface area (Å²) in [5.74, 6) is -0.291. The Labute approximate surface area is 160 Å². The molecule has 0 unspecified atom stereocenters. The maximum absolute atomic E-state index is 11.2. The molecule has 0 spiro atoms. The molecule has 4 nitrogen and oxygen atoms in total. The number of hydrogen-bond acceptors (Lipinski definition) is 4. The highest BCUT2D eigenvalue weighted by Crippen LogP contribution is 2.27. The van der Waals surface area contributed by atoms with Gasteiger partial charge in [0, 0.05) is 18.8 Å². The number of hydrogen-bond donors (Lipinski definition) is 1. The third-order valence-corrected chi connectivity index (χ3v) is 4.42. The third-order valence-electron chi connectivity index (χ3n) is 4.42. The van der Waals surface area contributed by atoms with Gasteiger partial charge in [0.15, 0.2) is 5.78 Å². The minimum Gasteiger partial charge on any atom is -0.388 e. The van der Waals surface area contributed by atoms with Gasteiger partial charge in [0.2, 0.25) is 0 Å². The van der Waals surface area contributed by atoms with Crippen molar-refractivity contribution >= 4 is 30.0 Å². The van der Waals surface area contributed by atoms with Crippen LogP contribution < -0.4 is 4.90 Å². The van der Waals surface area contributed by atoms with E-state index in [0.717, 1.165) is 37.4 Å². The van der Waals surface area contributed by atoms with Gasteiger partial charge < -0.3 is 14.7 Å². The SMILES string of the molecule is Cc1cc(/C=C/C(=O)CO)ccc1-c1ccc(N2CCOCC2)cc1.Cl. The topological polar surface area (TPSA) is 49.8 Å². The zero-order valence-electron chi connectivity index (χ0n) is 14.9. The number of morpholine rings is 1. The van der Waals surface area contributed by atoms with E-state index >= 15 is 0 Å². The van der Waals surface area contributed by atoms with E-state index in [0.29, 0.717) is 0 Å². The second-order valence-electron chi connectivity index (χ2n) is 6.18. The van der Waals surface area contributed by atoms with Crippen LogP contribution in [-0.2, 0) is 9.53 Å². The Morgan fingerprint density at radius 2 is 1.85 bits per heavy atom. The molecule has 26 heavy (non-hydrogen) atoms. The van der Waals surface area contributed by atoms with Gasteiger partial charge in [-0.25, -0.2) is 0 Å². The maximum atomic E-state index is 11.2. The quantitative estimate of drug-likeness (QED) is 0.815. The van der Waals surface area contributed by atoms with Crippen LogP contribution in [0.25, 0.3) is 17.2 Å². The number of halogens is 1. The van der Waals surface area contributed by atoms with Crippen LogP contribution in [0.15, 0.2) is 48.5 Å². The molecule has 1 N–H and O–H groups in total. The van der Waals surface area contributed by atoms with Crippen molar-refractivity contribution in [3.63, 3.8) is 0 Å². The Kier molecular flexibility index (Phi) is 7.39. The molecule has 5 heteroatoms. The summed E-state index contributed by atoms with van der Waals surface area (Å²) in [5.41, 5.74) is 5.69. The number of carbonyl (C=O) groups excluding carboxylic acids is 1. The first-order chi connectivity index (χ1) is 12.2. The highest BCUT2D eigenvalue weighted by molar-refractivity contribution is 5.94. The van der Waals surface area contributed by atoms with Crippen LogP contribution in [0.3, 0.4) is 0 Å². The summed E-state index contributed by atoms with van der Waals surface area (Å²) in [5, 5.41) is 8.77. The second kappa shape index (κ2) is 9.53. The lowest BCUT2D eigenvalue weighted by Crippen LogP contribution is -2.36.